The molecule has 1 aromatic carbocycles. The maximum atomic E-state index is 11.7. The molecule has 1 amide bonds. The van der Waals surface area contributed by atoms with E-state index < -0.39 is 0 Å². The van der Waals surface area contributed by atoms with Crippen molar-refractivity contribution in [3.8, 4) is 0 Å². The maximum absolute atomic E-state index is 11.7. The minimum absolute atomic E-state index is 0.139. The lowest BCUT2D eigenvalue weighted by Crippen LogP contribution is -2.15. The van der Waals surface area contributed by atoms with Crippen LogP contribution < -0.4 is 10.9 Å². The summed E-state index contributed by atoms with van der Waals surface area (Å²) in [5.74, 6) is 0.0572. The van der Waals surface area contributed by atoms with Crippen molar-refractivity contribution in [3.05, 3.63) is 52.4 Å². The number of benzene rings is 1. The molecule has 0 aliphatic rings. The van der Waals surface area contributed by atoms with E-state index in [1.54, 1.807) is 6.92 Å². The number of hydrogen-bond donors (Lipinski definition) is 2. The van der Waals surface area contributed by atoms with Gasteiger partial charge >= 0.3 is 0 Å². The number of rotatable bonds is 4. The third kappa shape index (κ3) is 4.26. The number of carbonyl (C=O) groups is 1. The predicted octanol–water partition coefficient (Wildman–Crippen LogP) is 1.81. The summed E-state index contributed by atoms with van der Waals surface area (Å²) in [7, 11) is 0. The van der Waals surface area contributed by atoms with Gasteiger partial charge in [-0.1, -0.05) is 30.0 Å². The molecule has 0 saturated carbocycles. The molecule has 2 rings (SSSR count). The molecular formula is C13H13N3O2S. The van der Waals surface area contributed by atoms with Crippen LogP contribution in [0.15, 0.2) is 46.3 Å². The summed E-state index contributed by atoms with van der Waals surface area (Å²) in [5, 5.41) is 3.21. The number of nitrogens with zero attached hydrogens (tertiary/aromatic N) is 1. The van der Waals surface area contributed by atoms with Gasteiger partial charge in [0.25, 0.3) is 5.56 Å². The third-order valence-corrected chi connectivity index (χ3v) is 3.12. The predicted molar refractivity (Wildman–Crippen MR) is 75.4 cm³/mol. The van der Waals surface area contributed by atoms with Crippen LogP contribution >= 0.6 is 11.8 Å². The highest BCUT2D eigenvalue weighted by molar-refractivity contribution is 7.99. The number of H-pyrrole nitrogens is 1. The van der Waals surface area contributed by atoms with Gasteiger partial charge in [0.1, 0.15) is 0 Å². The molecule has 0 saturated heterocycles. The Bertz CT molecular complexity index is 625. The Kier molecular flexibility index (Phi) is 4.35. The zero-order chi connectivity index (χ0) is 13.7. The van der Waals surface area contributed by atoms with Gasteiger partial charge in [0.15, 0.2) is 5.16 Å². The molecule has 0 aliphatic carbocycles. The highest BCUT2D eigenvalue weighted by Crippen LogP contribution is 2.12. The largest absolute Gasteiger partial charge is 0.325 e. The first-order chi connectivity index (χ1) is 9.13. The molecule has 0 fully saturated rings. The summed E-state index contributed by atoms with van der Waals surface area (Å²) >= 11 is 1.20. The van der Waals surface area contributed by atoms with E-state index in [1.807, 2.05) is 30.3 Å². The molecule has 0 radical (unpaired) electrons. The van der Waals surface area contributed by atoms with E-state index in [0.29, 0.717) is 10.9 Å². The zero-order valence-electron chi connectivity index (χ0n) is 10.3. The summed E-state index contributed by atoms with van der Waals surface area (Å²) in [6.07, 6.45) is 0. The normalized spacial score (nSPS) is 10.2. The number of aromatic amines is 1. The minimum Gasteiger partial charge on any atom is -0.325 e. The summed E-state index contributed by atoms with van der Waals surface area (Å²) in [6.45, 7) is 1.74. The quantitative estimate of drug-likeness (QED) is 0.659. The summed E-state index contributed by atoms with van der Waals surface area (Å²) < 4.78 is 0. The summed E-state index contributed by atoms with van der Waals surface area (Å²) in [6, 6.07) is 10.6. The van der Waals surface area contributed by atoms with Gasteiger partial charge in [0.05, 0.1) is 5.75 Å². The van der Waals surface area contributed by atoms with Crippen LogP contribution in [0.4, 0.5) is 5.69 Å². The molecule has 5 nitrogen and oxygen atoms in total. The van der Waals surface area contributed by atoms with Crippen LogP contribution in [0, 0.1) is 6.92 Å². The van der Waals surface area contributed by atoms with Crippen molar-refractivity contribution < 1.29 is 4.79 Å². The van der Waals surface area contributed by atoms with Crippen molar-refractivity contribution in [1.29, 1.82) is 0 Å². The molecule has 2 aromatic rings. The van der Waals surface area contributed by atoms with Crippen LogP contribution in [-0.4, -0.2) is 21.6 Å². The number of nitrogens with one attached hydrogen (secondary N) is 2. The molecule has 2 N–H and O–H groups in total. The second-order valence-electron chi connectivity index (χ2n) is 3.89. The molecule has 19 heavy (non-hydrogen) atoms. The van der Waals surface area contributed by atoms with Crippen LogP contribution in [0.2, 0.25) is 0 Å². The molecule has 6 heteroatoms. The lowest BCUT2D eigenvalue weighted by Gasteiger charge is -2.04. The van der Waals surface area contributed by atoms with Crippen LogP contribution in [0.1, 0.15) is 5.69 Å². The minimum atomic E-state index is -0.210. The Morgan fingerprint density at radius 1 is 1.37 bits per heavy atom. The number of aromatic nitrogens is 2. The first kappa shape index (κ1) is 13.4. The molecule has 1 heterocycles. The number of hydrogen-bond acceptors (Lipinski definition) is 4. The monoisotopic (exact) mass is 275 g/mol. The van der Waals surface area contributed by atoms with Crippen LogP contribution in [0.25, 0.3) is 0 Å². The molecular weight excluding hydrogens is 262 g/mol. The van der Waals surface area contributed by atoms with Crippen molar-refractivity contribution in [3.63, 3.8) is 0 Å². The fraction of sp³-hybridized carbons (Fsp3) is 0.154. The van der Waals surface area contributed by atoms with Crippen LogP contribution in [0.3, 0.4) is 0 Å². The van der Waals surface area contributed by atoms with Crippen molar-refractivity contribution in [2.75, 3.05) is 11.1 Å². The highest BCUT2D eigenvalue weighted by atomic mass is 32.2. The van der Waals surface area contributed by atoms with Gasteiger partial charge in [-0.15, -0.1) is 0 Å². The smallest absolute Gasteiger partial charge is 0.251 e. The van der Waals surface area contributed by atoms with Crippen LogP contribution in [0.5, 0.6) is 0 Å². The van der Waals surface area contributed by atoms with Gasteiger partial charge < -0.3 is 10.3 Å². The first-order valence-electron chi connectivity index (χ1n) is 5.69. The van der Waals surface area contributed by atoms with Crippen molar-refractivity contribution >= 4 is 23.4 Å². The number of anilines is 1. The van der Waals surface area contributed by atoms with Crippen molar-refractivity contribution in [2.24, 2.45) is 0 Å². The van der Waals surface area contributed by atoms with E-state index >= 15 is 0 Å². The second-order valence-corrected chi connectivity index (χ2v) is 4.86. The lowest BCUT2D eigenvalue weighted by atomic mass is 10.3. The molecule has 0 bridgehead atoms. The number of para-hydroxylation sites is 1. The Labute approximate surface area is 114 Å². The zero-order valence-corrected chi connectivity index (χ0v) is 11.2. The number of amides is 1. The first-order valence-corrected chi connectivity index (χ1v) is 6.68. The molecule has 0 atom stereocenters. The Morgan fingerprint density at radius 2 is 2.11 bits per heavy atom. The van der Waals surface area contributed by atoms with Gasteiger partial charge in [-0.25, -0.2) is 4.98 Å². The fourth-order valence-corrected chi connectivity index (χ4v) is 2.19. The Hall–Kier alpha value is -2.08. The summed E-state index contributed by atoms with van der Waals surface area (Å²) in [5.41, 5.74) is 1.17. The SMILES string of the molecule is Cc1cc(=O)[nH]c(SCC(=O)Nc2ccccc2)n1. The Morgan fingerprint density at radius 3 is 2.79 bits per heavy atom. The van der Waals surface area contributed by atoms with E-state index in [-0.39, 0.29) is 17.2 Å². The maximum Gasteiger partial charge on any atom is 0.251 e. The van der Waals surface area contributed by atoms with Crippen LogP contribution in [-0.2, 0) is 4.79 Å². The van der Waals surface area contributed by atoms with Gasteiger partial charge in [0, 0.05) is 17.4 Å². The topological polar surface area (TPSA) is 74.8 Å². The number of carbonyl (C=O) groups excluding carboxylic acids is 1. The van der Waals surface area contributed by atoms with Gasteiger partial charge in [-0.3, -0.25) is 9.59 Å². The van der Waals surface area contributed by atoms with Crippen molar-refractivity contribution in [1.82, 2.24) is 9.97 Å². The van der Waals surface area contributed by atoms with E-state index in [2.05, 4.69) is 15.3 Å². The van der Waals surface area contributed by atoms with Gasteiger partial charge in [-0.05, 0) is 19.1 Å². The average Bonchev–Trinajstić information content (AvgIpc) is 2.36. The number of thioether (sulfide) groups is 1. The Balaban J connectivity index is 1.92. The second kappa shape index (κ2) is 6.19. The summed E-state index contributed by atoms with van der Waals surface area (Å²) in [4.78, 5) is 29.7. The molecule has 98 valence electrons. The van der Waals surface area contributed by atoms with Gasteiger partial charge in [-0.2, -0.15) is 0 Å². The van der Waals surface area contributed by atoms with E-state index in [4.69, 9.17) is 0 Å². The fourth-order valence-electron chi connectivity index (χ4n) is 1.47. The molecule has 0 unspecified atom stereocenters. The number of aryl methyl sites for hydroxylation is 1. The third-order valence-electron chi connectivity index (χ3n) is 2.25. The van der Waals surface area contributed by atoms with Gasteiger partial charge in [0.2, 0.25) is 5.91 Å². The van der Waals surface area contributed by atoms with Crippen molar-refractivity contribution in [2.45, 2.75) is 12.1 Å². The average molecular weight is 275 g/mol. The lowest BCUT2D eigenvalue weighted by molar-refractivity contribution is -0.113. The standard InChI is InChI=1S/C13H13N3O2S/c1-9-7-11(17)16-13(14-9)19-8-12(18)15-10-5-3-2-4-6-10/h2-7H,8H2,1H3,(H,15,18)(H,14,16,17). The van der Waals surface area contributed by atoms with E-state index in [9.17, 15) is 9.59 Å². The molecule has 0 aliphatic heterocycles. The highest BCUT2D eigenvalue weighted by Gasteiger charge is 2.05. The van der Waals surface area contributed by atoms with E-state index in [0.717, 1.165) is 5.69 Å². The molecule has 1 aromatic heterocycles. The molecule has 0 spiro atoms. The van der Waals surface area contributed by atoms with E-state index in [1.165, 1.54) is 17.8 Å².